The zero-order chi connectivity index (χ0) is 20.2. The summed E-state index contributed by atoms with van der Waals surface area (Å²) in [6, 6.07) is 12.2. The maximum atomic E-state index is 12.8. The van der Waals surface area contributed by atoms with Crippen LogP contribution in [0.2, 0.25) is 0 Å². The topological polar surface area (TPSA) is 89.5 Å². The molecule has 0 amide bonds. The molecule has 0 saturated carbocycles. The lowest BCUT2D eigenvalue weighted by Crippen LogP contribution is -2.28. The number of aryl methyl sites for hydroxylation is 1. The lowest BCUT2D eigenvalue weighted by molar-refractivity contribution is 0.0644. The molecular weight excluding hydrogens is 398 g/mol. The Morgan fingerprint density at radius 2 is 1.64 bits per heavy atom. The van der Waals surface area contributed by atoms with Crippen molar-refractivity contribution in [2.75, 3.05) is 19.8 Å². The third kappa shape index (κ3) is 4.81. The predicted molar refractivity (Wildman–Crippen MR) is 106 cm³/mol. The minimum absolute atomic E-state index is 0.00326. The van der Waals surface area contributed by atoms with Crippen molar-refractivity contribution in [3.63, 3.8) is 0 Å². The molecule has 0 bridgehead atoms. The van der Waals surface area contributed by atoms with Gasteiger partial charge in [-0.2, -0.15) is 0 Å². The van der Waals surface area contributed by atoms with Crippen LogP contribution in [0.3, 0.4) is 0 Å². The van der Waals surface area contributed by atoms with Crippen LogP contribution in [0.15, 0.2) is 63.2 Å². The number of sulfone groups is 1. The summed E-state index contributed by atoms with van der Waals surface area (Å²) in [6.07, 6.45) is 2.61. The van der Waals surface area contributed by atoms with Gasteiger partial charge in [-0.3, -0.25) is 0 Å². The second-order valence-corrected chi connectivity index (χ2v) is 10.7. The summed E-state index contributed by atoms with van der Waals surface area (Å²) in [5.41, 5.74) is 0.505. The minimum atomic E-state index is -3.80. The van der Waals surface area contributed by atoms with Gasteiger partial charge in [0.1, 0.15) is 0 Å². The molecule has 0 aromatic heterocycles. The van der Waals surface area contributed by atoms with Crippen molar-refractivity contribution in [3.8, 4) is 0 Å². The van der Waals surface area contributed by atoms with E-state index in [0.29, 0.717) is 18.0 Å². The summed E-state index contributed by atoms with van der Waals surface area (Å²) in [7, 11) is -7.58. The molecule has 3 rings (SSSR count). The largest absolute Gasteiger partial charge is 0.381 e. The molecule has 1 N–H and O–H groups in total. The molecule has 2 aromatic rings. The Balaban J connectivity index is 1.80. The highest BCUT2D eigenvalue weighted by Gasteiger charge is 2.23. The van der Waals surface area contributed by atoms with Crippen molar-refractivity contribution < 1.29 is 21.6 Å². The first-order valence-electron chi connectivity index (χ1n) is 9.29. The van der Waals surface area contributed by atoms with Crippen LogP contribution >= 0.6 is 0 Å². The van der Waals surface area contributed by atoms with E-state index < -0.39 is 19.9 Å². The Labute approximate surface area is 166 Å². The number of ether oxygens (including phenoxy) is 1. The molecule has 0 radical (unpaired) electrons. The molecule has 1 aliphatic heterocycles. The summed E-state index contributed by atoms with van der Waals surface area (Å²) >= 11 is 0. The third-order valence-corrected chi connectivity index (χ3v) is 8.37. The van der Waals surface area contributed by atoms with Gasteiger partial charge in [0.15, 0.2) is 0 Å². The standard InChI is InChI=1S/C20H25NO5S2/c1-16-7-8-19(27(22,23)18-5-3-2-4-6-18)15-20(16)28(24,25)21-12-9-17-10-13-26-14-11-17/h2-8,15,17,21H,9-14H2,1H3. The number of hydrogen-bond donors (Lipinski definition) is 1. The summed E-state index contributed by atoms with van der Waals surface area (Å²) in [5.74, 6) is 0.447. The molecule has 0 unspecified atom stereocenters. The van der Waals surface area contributed by atoms with E-state index in [1.54, 1.807) is 25.1 Å². The normalized spacial score (nSPS) is 16.2. The Kier molecular flexibility index (Phi) is 6.54. The maximum absolute atomic E-state index is 12.8. The minimum Gasteiger partial charge on any atom is -0.381 e. The van der Waals surface area contributed by atoms with Gasteiger partial charge < -0.3 is 4.74 Å². The highest BCUT2D eigenvalue weighted by molar-refractivity contribution is 7.91. The van der Waals surface area contributed by atoms with E-state index in [-0.39, 0.29) is 14.7 Å². The van der Waals surface area contributed by atoms with E-state index in [1.807, 2.05) is 0 Å². The average molecular weight is 424 g/mol. The predicted octanol–water partition coefficient (Wildman–Crippen LogP) is 2.92. The highest BCUT2D eigenvalue weighted by atomic mass is 32.2. The van der Waals surface area contributed by atoms with Crippen LogP contribution in [-0.2, 0) is 24.6 Å². The summed E-state index contributed by atoms with van der Waals surface area (Å²) in [5, 5.41) is 0. The fraction of sp³-hybridized carbons (Fsp3) is 0.400. The fourth-order valence-electron chi connectivity index (χ4n) is 3.28. The van der Waals surface area contributed by atoms with Crippen LogP contribution in [0.5, 0.6) is 0 Å². The summed E-state index contributed by atoms with van der Waals surface area (Å²) < 4.78 is 59.1. The van der Waals surface area contributed by atoms with E-state index in [2.05, 4.69) is 4.72 Å². The average Bonchev–Trinajstić information content (AvgIpc) is 2.69. The van der Waals surface area contributed by atoms with Crippen molar-refractivity contribution >= 4 is 19.9 Å². The second kappa shape index (κ2) is 8.73. The van der Waals surface area contributed by atoms with Gasteiger partial charge in [-0.1, -0.05) is 24.3 Å². The van der Waals surface area contributed by atoms with Crippen LogP contribution in [0.25, 0.3) is 0 Å². The zero-order valence-corrected chi connectivity index (χ0v) is 17.4. The van der Waals surface area contributed by atoms with Crippen molar-refractivity contribution in [3.05, 3.63) is 54.1 Å². The van der Waals surface area contributed by atoms with Gasteiger partial charge in [0, 0.05) is 19.8 Å². The summed E-state index contributed by atoms with van der Waals surface area (Å²) in [4.78, 5) is 0.0975. The maximum Gasteiger partial charge on any atom is 0.240 e. The van der Waals surface area contributed by atoms with Gasteiger partial charge in [-0.25, -0.2) is 21.6 Å². The van der Waals surface area contributed by atoms with Crippen LogP contribution in [0, 0.1) is 12.8 Å². The number of rotatable bonds is 7. The van der Waals surface area contributed by atoms with E-state index in [0.717, 1.165) is 32.5 Å². The number of benzene rings is 2. The number of nitrogens with one attached hydrogen (secondary N) is 1. The Morgan fingerprint density at radius 3 is 2.32 bits per heavy atom. The van der Waals surface area contributed by atoms with Crippen LogP contribution in [0.1, 0.15) is 24.8 Å². The molecule has 8 heteroatoms. The van der Waals surface area contributed by atoms with Crippen molar-refractivity contribution in [1.82, 2.24) is 4.72 Å². The number of sulfonamides is 1. The molecule has 1 fully saturated rings. The lowest BCUT2D eigenvalue weighted by atomic mass is 9.97. The molecule has 2 aromatic carbocycles. The van der Waals surface area contributed by atoms with E-state index in [9.17, 15) is 16.8 Å². The van der Waals surface area contributed by atoms with Gasteiger partial charge in [0.25, 0.3) is 0 Å². The molecule has 0 atom stereocenters. The van der Waals surface area contributed by atoms with E-state index in [1.165, 1.54) is 30.3 Å². The number of hydrogen-bond acceptors (Lipinski definition) is 5. The molecule has 1 heterocycles. The highest BCUT2D eigenvalue weighted by Crippen LogP contribution is 2.25. The quantitative estimate of drug-likeness (QED) is 0.740. The first-order chi connectivity index (χ1) is 13.3. The fourth-order valence-corrected chi connectivity index (χ4v) is 5.98. The van der Waals surface area contributed by atoms with E-state index >= 15 is 0 Å². The monoisotopic (exact) mass is 423 g/mol. The first-order valence-corrected chi connectivity index (χ1v) is 12.3. The molecule has 1 aliphatic rings. The van der Waals surface area contributed by atoms with Crippen molar-refractivity contribution in [2.45, 2.75) is 40.9 Å². The van der Waals surface area contributed by atoms with Crippen LogP contribution < -0.4 is 4.72 Å². The van der Waals surface area contributed by atoms with Crippen molar-refractivity contribution in [1.29, 1.82) is 0 Å². The zero-order valence-electron chi connectivity index (χ0n) is 15.8. The lowest BCUT2D eigenvalue weighted by Gasteiger charge is -2.22. The Hall–Kier alpha value is -1.74. The molecule has 6 nitrogen and oxygen atoms in total. The smallest absolute Gasteiger partial charge is 0.240 e. The van der Waals surface area contributed by atoms with Gasteiger partial charge >= 0.3 is 0 Å². The molecular formula is C20H25NO5S2. The summed E-state index contributed by atoms with van der Waals surface area (Å²) in [6.45, 7) is 3.42. The Morgan fingerprint density at radius 1 is 0.964 bits per heavy atom. The Bertz CT molecular complexity index is 1010. The molecule has 1 saturated heterocycles. The molecule has 28 heavy (non-hydrogen) atoms. The van der Waals surface area contributed by atoms with Gasteiger partial charge in [-0.15, -0.1) is 0 Å². The van der Waals surface area contributed by atoms with Gasteiger partial charge in [0.05, 0.1) is 14.7 Å². The van der Waals surface area contributed by atoms with Crippen LogP contribution in [0.4, 0.5) is 0 Å². The van der Waals surface area contributed by atoms with Gasteiger partial charge in [0.2, 0.25) is 19.9 Å². The molecule has 152 valence electrons. The third-order valence-electron chi connectivity index (χ3n) is 5.00. The first kappa shape index (κ1) is 21.0. The van der Waals surface area contributed by atoms with Crippen molar-refractivity contribution in [2.24, 2.45) is 5.92 Å². The van der Waals surface area contributed by atoms with E-state index in [4.69, 9.17) is 4.74 Å². The van der Waals surface area contributed by atoms with Crippen LogP contribution in [-0.4, -0.2) is 36.6 Å². The molecule has 0 spiro atoms. The van der Waals surface area contributed by atoms with Gasteiger partial charge in [-0.05, 0) is 61.9 Å². The SMILES string of the molecule is Cc1ccc(S(=O)(=O)c2ccccc2)cc1S(=O)(=O)NCCC1CCOCC1. The second-order valence-electron chi connectivity index (χ2n) is 6.99. The molecule has 0 aliphatic carbocycles.